The average molecular weight is 346 g/mol. The fourth-order valence-corrected chi connectivity index (χ4v) is 2.61. The minimum atomic E-state index is -3.99. The lowest BCUT2D eigenvalue weighted by molar-refractivity contribution is -0.0820. The van der Waals surface area contributed by atoms with E-state index in [-0.39, 0.29) is 22.3 Å². The van der Waals surface area contributed by atoms with Crippen molar-refractivity contribution < 1.29 is 32.6 Å². The Balaban J connectivity index is 2.03. The normalized spacial score (nSPS) is 16.1. The Labute approximate surface area is 141 Å². The molecule has 0 amide bonds. The Bertz CT molecular complexity index is 861. The van der Waals surface area contributed by atoms with Gasteiger partial charge in [-0.25, -0.2) is 9.59 Å². The predicted molar refractivity (Wildman–Crippen MR) is 81.7 cm³/mol. The van der Waals surface area contributed by atoms with Crippen LogP contribution in [0.25, 0.3) is 0 Å². The van der Waals surface area contributed by atoms with Crippen molar-refractivity contribution >= 4 is 17.7 Å². The Hall–Kier alpha value is -3.09. The molecular weight excluding hydrogens is 334 g/mol. The zero-order chi connectivity index (χ0) is 18.2. The fraction of sp³-hybridized carbons (Fsp3) is 0.167. The van der Waals surface area contributed by atoms with Crippen LogP contribution in [0.5, 0.6) is 0 Å². The van der Waals surface area contributed by atoms with Crippen molar-refractivity contribution in [1.29, 1.82) is 0 Å². The molecule has 0 aliphatic carbocycles. The third-order valence-electron chi connectivity index (χ3n) is 3.87. The third kappa shape index (κ3) is 2.77. The molecule has 1 heterocycles. The zero-order valence-electron chi connectivity index (χ0n) is 13.0. The summed E-state index contributed by atoms with van der Waals surface area (Å²) in [4.78, 5) is 35.7. The first-order chi connectivity index (χ1) is 11.9. The lowest BCUT2D eigenvalue weighted by atomic mass is 9.94. The number of alkyl halides is 2. The molecule has 0 spiro atoms. The van der Waals surface area contributed by atoms with E-state index in [4.69, 9.17) is 4.74 Å². The molecule has 0 N–H and O–H groups in total. The largest absolute Gasteiger partial charge is 0.465 e. The molecule has 0 radical (unpaired) electrons. The van der Waals surface area contributed by atoms with Crippen molar-refractivity contribution in [3.05, 3.63) is 70.8 Å². The van der Waals surface area contributed by atoms with Gasteiger partial charge in [-0.2, -0.15) is 8.78 Å². The average Bonchev–Trinajstić information content (AvgIpc) is 2.98. The molecule has 3 rings (SSSR count). The fourth-order valence-electron chi connectivity index (χ4n) is 2.61. The summed E-state index contributed by atoms with van der Waals surface area (Å²) in [7, 11) is 1.14. The third-order valence-corrected chi connectivity index (χ3v) is 3.87. The summed E-state index contributed by atoms with van der Waals surface area (Å²) in [6, 6.07) is 10.5. The number of carbonyl (C=O) groups is 3. The molecule has 2 aromatic rings. The van der Waals surface area contributed by atoms with Crippen molar-refractivity contribution in [2.24, 2.45) is 0 Å². The second-order valence-corrected chi connectivity index (χ2v) is 5.40. The molecular formula is C18H12F2O5. The molecule has 1 aliphatic heterocycles. The van der Waals surface area contributed by atoms with E-state index in [2.05, 4.69) is 4.74 Å². The van der Waals surface area contributed by atoms with Gasteiger partial charge in [0.15, 0.2) is 6.10 Å². The van der Waals surface area contributed by atoms with Crippen LogP contribution in [0.15, 0.2) is 48.5 Å². The molecule has 0 unspecified atom stereocenters. The number of ketones is 1. The highest BCUT2D eigenvalue weighted by Gasteiger charge is 2.54. The van der Waals surface area contributed by atoms with Crippen molar-refractivity contribution in [1.82, 2.24) is 0 Å². The maximum absolute atomic E-state index is 14.7. The van der Waals surface area contributed by atoms with Gasteiger partial charge in [0.05, 0.1) is 18.2 Å². The van der Waals surface area contributed by atoms with Gasteiger partial charge < -0.3 is 9.47 Å². The number of esters is 2. The number of hydrogen-bond donors (Lipinski definition) is 0. The molecule has 128 valence electrons. The molecule has 7 heteroatoms. The summed E-state index contributed by atoms with van der Waals surface area (Å²) >= 11 is 0. The van der Waals surface area contributed by atoms with E-state index in [0.717, 1.165) is 13.2 Å². The standard InChI is InChI=1S/C18H12F2O5/c1-24-16(22)11-7-8-12-13(9-11)15(25-17(12)23)18(19,20)14(21)10-5-3-2-4-6-10/h2-9,15H,1H3/t15-/m1/s1. The quantitative estimate of drug-likeness (QED) is 0.628. The number of ether oxygens (including phenoxy) is 2. The summed E-state index contributed by atoms with van der Waals surface area (Å²) in [5.41, 5.74) is -0.561. The molecule has 2 aromatic carbocycles. The van der Waals surface area contributed by atoms with E-state index in [0.29, 0.717) is 0 Å². The topological polar surface area (TPSA) is 69.7 Å². The van der Waals surface area contributed by atoms with E-state index >= 15 is 0 Å². The molecule has 1 aliphatic rings. The van der Waals surface area contributed by atoms with Crippen LogP contribution in [0, 0.1) is 0 Å². The van der Waals surface area contributed by atoms with E-state index < -0.39 is 29.7 Å². The Morgan fingerprint density at radius 1 is 1.08 bits per heavy atom. The number of Topliss-reactive ketones (excluding diaryl/α,β-unsaturated/α-hetero) is 1. The van der Waals surface area contributed by atoms with Crippen LogP contribution < -0.4 is 0 Å². The molecule has 1 atom stereocenters. The number of rotatable bonds is 4. The maximum Gasteiger partial charge on any atom is 0.349 e. The van der Waals surface area contributed by atoms with Crippen LogP contribution in [-0.2, 0) is 9.47 Å². The van der Waals surface area contributed by atoms with Gasteiger partial charge in [-0.3, -0.25) is 4.79 Å². The van der Waals surface area contributed by atoms with Gasteiger partial charge in [0.25, 0.3) is 0 Å². The second-order valence-electron chi connectivity index (χ2n) is 5.40. The van der Waals surface area contributed by atoms with Gasteiger partial charge in [0, 0.05) is 11.1 Å². The lowest BCUT2D eigenvalue weighted by Crippen LogP contribution is -2.36. The second kappa shape index (κ2) is 6.08. The summed E-state index contributed by atoms with van der Waals surface area (Å²) in [5, 5.41) is 0. The number of fused-ring (bicyclic) bond motifs is 1. The smallest absolute Gasteiger partial charge is 0.349 e. The minimum Gasteiger partial charge on any atom is -0.465 e. The minimum absolute atomic E-state index is 0.0208. The van der Waals surface area contributed by atoms with Gasteiger partial charge in [0.2, 0.25) is 5.78 Å². The Morgan fingerprint density at radius 3 is 2.40 bits per heavy atom. The number of carbonyl (C=O) groups excluding carboxylic acids is 3. The first-order valence-electron chi connectivity index (χ1n) is 7.27. The summed E-state index contributed by atoms with van der Waals surface area (Å²) < 4.78 is 38.8. The molecule has 0 saturated heterocycles. The van der Waals surface area contributed by atoms with E-state index in [1.165, 1.54) is 36.4 Å². The van der Waals surface area contributed by atoms with Crippen molar-refractivity contribution in [3.63, 3.8) is 0 Å². The van der Waals surface area contributed by atoms with Crippen LogP contribution in [0.2, 0.25) is 0 Å². The highest BCUT2D eigenvalue weighted by Crippen LogP contribution is 2.43. The summed E-state index contributed by atoms with van der Waals surface area (Å²) in [5.74, 6) is -7.19. The SMILES string of the molecule is COC(=O)c1ccc2c(c1)[C@H](C(F)(F)C(=O)c1ccccc1)OC2=O. The molecule has 0 aromatic heterocycles. The molecule has 5 nitrogen and oxygen atoms in total. The van der Waals surface area contributed by atoms with Crippen LogP contribution in [0.4, 0.5) is 8.78 Å². The summed E-state index contributed by atoms with van der Waals surface area (Å²) in [6.45, 7) is 0. The first kappa shape index (κ1) is 16.8. The van der Waals surface area contributed by atoms with Gasteiger partial charge in [-0.1, -0.05) is 30.3 Å². The number of halogens is 2. The number of hydrogen-bond acceptors (Lipinski definition) is 5. The maximum atomic E-state index is 14.7. The van der Waals surface area contributed by atoms with Crippen LogP contribution in [0.1, 0.15) is 42.7 Å². The zero-order valence-corrected chi connectivity index (χ0v) is 13.0. The van der Waals surface area contributed by atoms with Crippen LogP contribution >= 0.6 is 0 Å². The van der Waals surface area contributed by atoms with Crippen molar-refractivity contribution in [2.45, 2.75) is 12.0 Å². The number of benzene rings is 2. The first-order valence-corrected chi connectivity index (χ1v) is 7.27. The number of cyclic esters (lactones) is 1. The number of methoxy groups -OCH3 is 1. The van der Waals surface area contributed by atoms with Gasteiger partial charge in [-0.05, 0) is 18.2 Å². The van der Waals surface area contributed by atoms with E-state index in [9.17, 15) is 23.2 Å². The summed E-state index contributed by atoms with van der Waals surface area (Å²) in [6.07, 6.45) is -2.10. The molecule has 0 fully saturated rings. The van der Waals surface area contributed by atoms with Crippen LogP contribution in [0.3, 0.4) is 0 Å². The van der Waals surface area contributed by atoms with Gasteiger partial charge in [-0.15, -0.1) is 0 Å². The Morgan fingerprint density at radius 2 is 1.76 bits per heavy atom. The highest BCUT2D eigenvalue weighted by molar-refractivity contribution is 6.04. The molecule has 0 saturated carbocycles. The lowest BCUT2D eigenvalue weighted by Gasteiger charge is -2.21. The highest BCUT2D eigenvalue weighted by atomic mass is 19.3. The molecule has 0 bridgehead atoms. The van der Waals surface area contributed by atoms with E-state index in [1.807, 2.05) is 0 Å². The Kier molecular flexibility index (Phi) is 4.08. The van der Waals surface area contributed by atoms with Crippen LogP contribution in [-0.4, -0.2) is 30.8 Å². The van der Waals surface area contributed by atoms with E-state index in [1.54, 1.807) is 6.07 Å². The predicted octanol–water partition coefficient (Wildman–Crippen LogP) is 3.20. The monoisotopic (exact) mass is 346 g/mol. The van der Waals surface area contributed by atoms with Gasteiger partial charge in [0.1, 0.15) is 0 Å². The van der Waals surface area contributed by atoms with Crippen molar-refractivity contribution in [2.75, 3.05) is 7.11 Å². The van der Waals surface area contributed by atoms with Crippen molar-refractivity contribution in [3.8, 4) is 0 Å². The molecule has 25 heavy (non-hydrogen) atoms. The van der Waals surface area contributed by atoms with Gasteiger partial charge >= 0.3 is 17.9 Å².